The van der Waals surface area contributed by atoms with Crippen LogP contribution < -0.4 is 4.74 Å². The molecule has 1 aromatic rings. The maximum Gasteiger partial charge on any atom is 0.122 e. The molecule has 1 nitrogen and oxygen atoms in total. The molecule has 1 heteroatoms. The highest BCUT2D eigenvalue weighted by molar-refractivity contribution is 5.41. The van der Waals surface area contributed by atoms with Crippen LogP contribution in [0.5, 0.6) is 5.75 Å². The SMILES string of the molecule is CCC(C)(C)c1ccc(OC)c(C(C)C)c1. The zero-order valence-corrected chi connectivity index (χ0v) is 11.4. The largest absolute Gasteiger partial charge is 0.496 e. The first-order valence-corrected chi connectivity index (χ1v) is 6.10. The summed E-state index contributed by atoms with van der Waals surface area (Å²) in [5.41, 5.74) is 2.96. The van der Waals surface area contributed by atoms with Crippen molar-refractivity contribution in [2.24, 2.45) is 0 Å². The lowest BCUT2D eigenvalue weighted by atomic mass is 9.80. The maximum atomic E-state index is 5.41. The summed E-state index contributed by atoms with van der Waals surface area (Å²) < 4.78 is 5.41. The summed E-state index contributed by atoms with van der Waals surface area (Å²) in [6, 6.07) is 6.59. The summed E-state index contributed by atoms with van der Waals surface area (Å²) in [6.07, 6.45) is 1.15. The Bertz CT molecular complexity index is 350. The summed E-state index contributed by atoms with van der Waals surface area (Å²) >= 11 is 0. The van der Waals surface area contributed by atoms with Gasteiger partial charge in [0.05, 0.1) is 7.11 Å². The fourth-order valence-corrected chi connectivity index (χ4v) is 1.81. The highest BCUT2D eigenvalue weighted by Crippen LogP contribution is 2.33. The van der Waals surface area contributed by atoms with Gasteiger partial charge in [-0.15, -0.1) is 0 Å². The quantitative estimate of drug-likeness (QED) is 0.725. The van der Waals surface area contributed by atoms with Gasteiger partial charge in [-0.3, -0.25) is 0 Å². The van der Waals surface area contributed by atoms with Crippen molar-refractivity contribution < 1.29 is 4.74 Å². The first kappa shape index (κ1) is 13.1. The van der Waals surface area contributed by atoms with Crippen molar-refractivity contribution in [2.75, 3.05) is 7.11 Å². The monoisotopic (exact) mass is 220 g/mol. The van der Waals surface area contributed by atoms with Crippen LogP contribution in [0.4, 0.5) is 0 Å². The van der Waals surface area contributed by atoms with Gasteiger partial charge in [0, 0.05) is 0 Å². The van der Waals surface area contributed by atoms with Crippen molar-refractivity contribution >= 4 is 0 Å². The number of ether oxygens (including phenoxy) is 1. The van der Waals surface area contributed by atoms with Gasteiger partial charge in [0.15, 0.2) is 0 Å². The van der Waals surface area contributed by atoms with Crippen LogP contribution in [0.1, 0.15) is 58.1 Å². The van der Waals surface area contributed by atoms with E-state index in [1.54, 1.807) is 7.11 Å². The Morgan fingerprint density at radius 1 is 1.25 bits per heavy atom. The number of hydrogen-bond donors (Lipinski definition) is 0. The molecule has 0 radical (unpaired) electrons. The lowest BCUT2D eigenvalue weighted by Crippen LogP contribution is -2.16. The second-order valence-corrected chi connectivity index (χ2v) is 5.35. The molecule has 0 fully saturated rings. The lowest BCUT2D eigenvalue weighted by molar-refractivity contribution is 0.406. The first-order chi connectivity index (χ1) is 7.42. The van der Waals surface area contributed by atoms with Gasteiger partial charge < -0.3 is 4.74 Å². The molecule has 0 unspecified atom stereocenters. The van der Waals surface area contributed by atoms with E-state index >= 15 is 0 Å². The van der Waals surface area contributed by atoms with Gasteiger partial charge in [-0.1, -0.05) is 46.8 Å². The topological polar surface area (TPSA) is 9.23 Å². The summed E-state index contributed by atoms with van der Waals surface area (Å²) in [7, 11) is 1.74. The smallest absolute Gasteiger partial charge is 0.122 e. The molecule has 0 amide bonds. The van der Waals surface area contributed by atoms with Crippen molar-refractivity contribution in [3.63, 3.8) is 0 Å². The van der Waals surface area contributed by atoms with E-state index < -0.39 is 0 Å². The van der Waals surface area contributed by atoms with E-state index in [1.165, 1.54) is 11.1 Å². The van der Waals surface area contributed by atoms with Crippen LogP contribution in [-0.4, -0.2) is 7.11 Å². The Morgan fingerprint density at radius 3 is 2.31 bits per heavy atom. The molecule has 0 bridgehead atoms. The Labute approximate surface area is 99.8 Å². The van der Waals surface area contributed by atoms with E-state index in [4.69, 9.17) is 4.74 Å². The molecule has 16 heavy (non-hydrogen) atoms. The molecule has 0 N–H and O–H groups in total. The lowest BCUT2D eigenvalue weighted by Gasteiger charge is -2.25. The van der Waals surface area contributed by atoms with Gasteiger partial charge in [-0.05, 0) is 34.9 Å². The summed E-state index contributed by atoms with van der Waals surface area (Å²) in [6.45, 7) is 11.2. The second kappa shape index (κ2) is 4.90. The van der Waals surface area contributed by atoms with Crippen molar-refractivity contribution in [1.82, 2.24) is 0 Å². The zero-order chi connectivity index (χ0) is 12.3. The van der Waals surface area contributed by atoms with Crippen LogP contribution in [0.15, 0.2) is 18.2 Å². The van der Waals surface area contributed by atoms with Gasteiger partial charge in [0.2, 0.25) is 0 Å². The molecule has 1 rings (SSSR count). The van der Waals surface area contributed by atoms with E-state index in [-0.39, 0.29) is 5.41 Å². The minimum absolute atomic E-state index is 0.246. The minimum atomic E-state index is 0.246. The van der Waals surface area contributed by atoms with Gasteiger partial charge in [0.1, 0.15) is 5.75 Å². The van der Waals surface area contributed by atoms with Gasteiger partial charge >= 0.3 is 0 Å². The predicted molar refractivity (Wildman–Crippen MR) is 70.4 cm³/mol. The van der Waals surface area contributed by atoms with Crippen molar-refractivity contribution in [1.29, 1.82) is 0 Å². The Hall–Kier alpha value is -0.980. The number of rotatable bonds is 4. The maximum absolute atomic E-state index is 5.41. The Morgan fingerprint density at radius 2 is 1.88 bits per heavy atom. The number of methoxy groups -OCH3 is 1. The molecule has 1 aromatic carbocycles. The summed E-state index contributed by atoms with van der Waals surface area (Å²) in [4.78, 5) is 0. The molecule has 0 atom stereocenters. The highest BCUT2D eigenvalue weighted by Gasteiger charge is 2.20. The second-order valence-electron chi connectivity index (χ2n) is 5.35. The van der Waals surface area contributed by atoms with E-state index in [0.717, 1.165) is 12.2 Å². The summed E-state index contributed by atoms with van der Waals surface area (Å²) in [5.74, 6) is 1.51. The molecular formula is C15H24O. The molecule has 0 spiro atoms. The van der Waals surface area contributed by atoms with Crippen LogP contribution in [0.25, 0.3) is 0 Å². The zero-order valence-electron chi connectivity index (χ0n) is 11.4. The summed E-state index contributed by atoms with van der Waals surface area (Å²) in [5, 5.41) is 0. The Balaban J connectivity index is 3.22. The predicted octanol–water partition coefficient (Wildman–Crippen LogP) is 4.51. The van der Waals surface area contributed by atoms with E-state index in [9.17, 15) is 0 Å². The number of hydrogen-bond acceptors (Lipinski definition) is 1. The third-order valence-electron chi connectivity index (χ3n) is 3.52. The molecule has 0 heterocycles. The molecule has 0 saturated heterocycles. The normalized spacial score (nSPS) is 11.9. The highest BCUT2D eigenvalue weighted by atomic mass is 16.5. The Kier molecular flexibility index (Phi) is 4.01. The fourth-order valence-electron chi connectivity index (χ4n) is 1.81. The van der Waals surface area contributed by atoms with Crippen LogP contribution in [0, 0.1) is 0 Å². The van der Waals surface area contributed by atoms with Crippen LogP contribution in [0.3, 0.4) is 0 Å². The van der Waals surface area contributed by atoms with Crippen LogP contribution in [-0.2, 0) is 5.41 Å². The van der Waals surface area contributed by atoms with Crippen LogP contribution in [0.2, 0.25) is 0 Å². The van der Waals surface area contributed by atoms with E-state index in [2.05, 4.69) is 52.8 Å². The molecule has 0 aliphatic heterocycles. The van der Waals surface area contributed by atoms with Crippen molar-refractivity contribution in [2.45, 2.75) is 52.4 Å². The molecule has 0 aliphatic rings. The van der Waals surface area contributed by atoms with Crippen molar-refractivity contribution in [3.05, 3.63) is 29.3 Å². The standard InChI is InChI=1S/C15H24O/c1-7-15(4,5)12-8-9-14(16-6)13(10-12)11(2)3/h8-11H,7H2,1-6H3. The van der Waals surface area contributed by atoms with E-state index in [1.807, 2.05) is 0 Å². The third kappa shape index (κ3) is 2.58. The first-order valence-electron chi connectivity index (χ1n) is 6.10. The molecule has 0 aliphatic carbocycles. The average molecular weight is 220 g/mol. The molecular weight excluding hydrogens is 196 g/mol. The minimum Gasteiger partial charge on any atom is -0.496 e. The number of benzene rings is 1. The fraction of sp³-hybridized carbons (Fsp3) is 0.600. The van der Waals surface area contributed by atoms with Gasteiger partial charge in [-0.2, -0.15) is 0 Å². The molecule has 0 aromatic heterocycles. The molecule has 0 saturated carbocycles. The molecule has 90 valence electrons. The van der Waals surface area contributed by atoms with Gasteiger partial charge in [-0.25, -0.2) is 0 Å². The average Bonchev–Trinajstić information content (AvgIpc) is 2.28. The third-order valence-corrected chi connectivity index (χ3v) is 3.52. The van der Waals surface area contributed by atoms with Gasteiger partial charge in [0.25, 0.3) is 0 Å². The van der Waals surface area contributed by atoms with Crippen molar-refractivity contribution in [3.8, 4) is 5.75 Å². The van der Waals surface area contributed by atoms with Crippen LogP contribution >= 0.6 is 0 Å². The van der Waals surface area contributed by atoms with E-state index in [0.29, 0.717) is 5.92 Å².